The second-order valence-electron chi connectivity index (χ2n) is 5.34. The van der Waals surface area contributed by atoms with E-state index in [1.54, 1.807) is 18.2 Å². The lowest BCUT2D eigenvalue weighted by Crippen LogP contribution is -2.27. The number of carbonyl (C=O) groups excluding carboxylic acids is 1. The maximum atomic E-state index is 11.3. The zero-order valence-electron chi connectivity index (χ0n) is 12.6. The van der Waals surface area contributed by atoms with Gasteiger partial charge in [0.2, 0.25) is 0 Å². The summed E-state index contributed by atoms with van der Waals surface area (Å²) >= 11 is 0. The van der Waals surface area contributed by atoms with E-state index in [1.807, 2.05) is 0 Å². The molecule has 0 unspecified atom stereocenters. The number of nitrogen functional groups attached to an aromatic ring is 1. The summed E-state index contributed by atoms with van der Waals surface area (Å²) in [6.07, 6.45) is 2.11. The lowest BCUT2D eigenvalue weighted by atomic mass is 10.1. The summed E-state index contributed by atoms with van der Waals surface area (Å²) in [4.78, 5) is 13.7. The summed E-state index contributed by atoms with van der Waals surface area (Å²) in [6.45, 7) is 6.21. The third-order valence-electron chi connectivity index (χ3n) is 3.48. The highest BCUT2D eigenvalue weighted by molar-refractivity contribution is 6.01. The Bertz CT molecular complexity index is 445. The number of para-hydroxylation sites is 1. The molecule has 5 heteroatoms. The van der Waals surface area contributed by atoms with E-state index >= 15 is 0 Å². The number of hydrogen-bond acceptors (Lipinski definition) is 4. The minimum absolute atomic E-state index is 0.448. The van der Waals surface area contributed by atoms with Gasteiger partial charge in [-0.3, -0.25) is 4.79 Å². The normalized spacial score (nSPS) is 11.1. The van der Waals surface area contributed by atoms with Crippen LogP contribution in [0.3, 0.4) is 0 Å². The summed E-state index contributed by atoms with van der Waals surface area (Å²) < 4.78 is 0. The van der Waals surface area contributed by atoms with Crippen LogP contribution in [0.25, 0.3) is 0 Å². The molecule has 0 heterocycles. The van der Waals surface area contributed by atoms with Crippen molar-refractivity contribution in [3.8, 4) is 0 Å². The van der Waals surface area contributed by atoms with Crippen LogP contribution in [0.4, 0.5) is 11.4 Å². The predicted octanol–water partition coefficient (Wildman–Crippen LogP) is 1.90. The zero-order chi connectivity index (χ0) is 15.1. The molecule has 1 aromatic rings. The van der Waals surface area contributed by atoms with E-state index in [-0.39, 0.29) is 0 Å². The highest BCUT2D eigenvalue weighted by atomic mass is 16.1. The van der Waals surface area contributed by atoms with E-state index < -0.39 is 5.91 Å². The number of nitrogens with two attached hydrogens (primary N) is 2. The lowest BCUT2D eigenvalue weighted by molar-refractivity contribution is 0.100. The molecule has 1 aromatic carbocycles. The molecule has 5 nitrogen and oxygen atoms in total. The molecule has 0 aliphatic heterocycles. The molecule has 0 atom stereocenters. The van der Waals surface area contributed by atoms with Crippen molar-refractivity contribution in [1.29, 1.82) is 0 Å². The van der Waals surface area contributed by atoms with E-state index in [9.17, 15) is 4.79 Å². The fourth-order valence-corrected chi connectivity index (χ4v) is 1.93. The number of rotatable bonds is 8. The van der Waals surface area contributed by atoms with Crippen molar-refractivity contribution < 1.29 is 4.79 Å². The van der Waals surface area contributed by atoms with Crippen LogP contribution in [0.15, 0.2) is 18.2 Å². The topological polar surface area (TPSA) is 84.4 Å². The quantitative estimate of drug-likeness (QED) is 0.501. The molecule has 0 aliphatic rings. The van der Waals surface area contributed by atoms with Crippen molar-refractivity contribution in [3.05, 3.63) is 23.8 Å². The molecule has 0 aromatic heterocycles. The molecule has 0 aliphatic carbocycles. The molecular weight excluding hydrogens is 252 g/mol. The van der Waals surface area contributed by atoms with Crippen molar-refractivity contribution in [2.45, 2.75) is 32.7 Å². The molecule has 0 saturated heterocycles. The Hall–Kier alpha value is -1.75. The van der Waals surface area contributed by atoms with Crippen LogP contribution in [-0.2, 0) is 0 Å². The van der Waals surface area contributed by atoms with Crippen molar-refractivity contribution >= 4 is 17.3 Å². The number of primary amides is 1. The Morgan fingerprint density at radius 1 is 1.35 bits per heavy atom. The van der Waals surface area contributed by atoms with Gasteiger partial charge in [0.25, 0.3) is 5.91 Å². The minimum Gasteiger partial charge on any atom is -0.397 e. The van der Waals surface area contributed by atoms with Gasteiger partial charge in [-0.1, -0.05) is 6.07 Å². The summed E-state index contributed by atoms with van der Waals surface area (Å²) in [5, 5.41) is 3.22. The number of unbranched alkanes of at least 4 members (excludes halogenated alkanes) is 1. The first kappa shape index (κ1) is 16.3. The molecular formula is C15H26N4O. The summed E-state index contributed by atoms with van der Waals surface area (Å²) in [5.41, 5.74) is 12.9. The van der Waals surface area contributed by atoms with Crippen LogP contribution < -0.4 is 16.8 Å². The molecule has 112 valence electrons. The predicted molar refractivity (Wildman–Crippen MR) is 84.9 cm³/mol. The molecule has 20 heavy (non-hydrogen) atoms. The third kappa shape index (κ3) is 4.74. The molecule has 1 amide bonds. The first-order valence-corrected chi connectivity index (χ1v) is 7.06. The van der Waals surface area contributed by atoms with Crippen LogP contribution in [0.5, 0.6) is 0 Å². The molecule has 1 rings (SSSR count). The van der Waals surface area contributed by atoms with Crippen molar-refractivity contribution in [2.24, 2.45) is 5.73 Å². The molecule has 0 saturated carbocycles. The first-order chi connectivity index (χ1) is 9.43. The number of hydrogen-bond donors (Lipinski definition) is 3. The Morgan fingerprint density at radius 3 is 2.65 bits per heavy atom. The van der Waals surface area contributed by atoms with Crippen LogP contribution in [0.2, 0.25) is 0 Å². The van der Waals surface area contributed by atoms with Gasteiger partial charge in [-0.2, -0.15) is 0 Å². The second-order valence-corrected chi connectivity index (χ2v) is 5.34. The van der Waals surface area contributed by atoms with Gasteiger partial charge in [-0.25, -0.2) is 0 Å². The number of carbonyl (C=O) groups is 1. The van der Waals surface area contributed by atoms with Crippen molar-refractivity contribution in [3.63, 3.8) is 0 Å². The van der Waals surface area contributed by atoms with E-state index in [0.717, 1.165) is 25.9 Å². The number of benzene rings is 1. The third-order valence-corrected chi connectivity index (χ3v) is 3.48. The van der Waals surface area contributed by atoms with E-state index in [2.05, 4.69) is 31.1 Å². The number of nitrogens with one attached hydrogen (secondary N) is 1. The van der Waals surface area contributed by atoms with Gasteiger partial charge in [0, 0.05) is 12.6 Å². The van der Waals surface area contributed by atoms with Crippen LogP contribution >= 0.6 is 0 Å². The van der Waals surface area contributed by atoms with Gasteiger partial charge in [0.1, 0.15) is 0 Å². The molecule has 0 fully saturated rings. The number of nitrogens with zero attached hydrogens (tertiary/aromatic N) is 1. The second kappa shape index (κ2) is 7.75. The smallest absolute Gasteiger partial charge is 0.250 e. The van der Waals surface area contributed by atoms with Crippen molar-refractivity contribution in [2.75, 3.05) is 31.2 Å². The maximum absolute atomic E-state index is 11.3. The maximum Gasteiger partial charge on any atom is 0.250 e. The molecule has 0 spiro atoms. The van der Waals surface area contributed by atoms with E-state index in [4.69, 9.17) is 11.5 Å². The Morgan fingerprint density at radius 2 is 2.05 bits per heavy atom. The average molecular weight is 278 g/mol. The van der Waals surface area contributed by atoms with Crippen LogP contribution in [0, 0.1) is 0 Å². The number of anilines is 2. The summed E-state index contributed by atoms with van der Waals surface area (Å²) in [5.74, 6) is -0.459. The van der Waals surface area contributed by atoms with Gasteiger partial charge in [-0.05, 0) is 52.4 Å². The molecule has 5 N–H and O–H groups in total. The largest absolute Gasteiger partial charge is 0.397 e. The lowest BCUT2D eigenvalue weighted by Gasteiger charge is -2.20. The minimum atomic E-state index is -0.459. The Balaban J connectivity index is 2.45. The van der Waals surface area contributed by atoms with Gasteiger partial charge < -0.3 is 21.7 Å². The van der Waals surface area contributed by atoms with E-state index in [0.29, 0.717) is 23.0 Å². The van der Waals surface area contributed by atoms with Gasteiger partial charge in [-0.15, -0.1) is 0 Å². The van der Waals surface area contributed by atoms with Crippen LogP contribution in [0.1, 0.15) is 37.0 Å². The summed E-state index contributed by atoms with van der Waals surface area (Å²) in [6, 6.07) is 5.75. The fourth-order valence-electron chi connectivity index (χ4n) is 1.93. The Kier molecular flexibility index (Phi) is 6.31. The highest BCUT2D eigenvalue weighted by Crippen LogP contribution is 2.23. The van der Waals surface area contributed by atoms with Gasteiger partial charge >= 0.3 is 0 Å². The summed E-state index contributed by atoms with van der Waals surface area (Å²) in [7, 11) is 2.12. The molecule has 0 bridgehead atoms. The monoisotopic (exact) mass is 278 g/mol. The van der Waals surface area contributed by atoms with E-state index in [1.165, 1.54) is 0 Å². The molecule has 0 radical (unpaired) electrons. The zero-order valence-corrected chi connectivity index (χ0v) is 12.6. The first-order valence-electron chi connectivity index (χ1n) is 7.06. The SMILES string of the molecule is CC(C)N(C)CCCCNc1c(N)cccc1C(N)=O. The average Bonchev–Trinajstić information content (AvgIpc) is 2.39. The number of amides is 1. The fraction of sp³-hybridized carbons (Fsp3) is 0.533. The van der Waals surface area contributed by atoms with Crippen LogP contribution in [-0.4, -0.2) is 37.0 Å². The van der Waals surface area contributed by atoms with Gasteiger partial charge in [0.05, 0.1) is 16.9 Å². The van der Waals surface area contributed by atoms with Gasteiger partial charge in [0.15, 0.2) is 0 Å². The standard InChI is InChI=1S/C15H26N4O/c1-11(2)19(3)10-5-4-9-18-14-12(15(17)20)7-6-8-13(14)16/h6-8,11,18H,4-5,9-10,16H2,1-3H3,(H2,17,20). The Labute approximate surface area is 121 Å². The van der Waals surface area contributed by atoms with Crippen molar-refractivity contribution in [1.82, 2.24) is 4.90 Å². The highest BCUT2D eigenvalue weighted by Gasteiger charge is 2.10.